The van der Waals surface area contributed by atoms with E-state index in [4.69, 9.17) is 4.98 Å². The van der Waals surface area contributed by atoms with Crippen molar-refractivity contribution in [2.75, 3.05) is 18.4 Å². The Morgan fingerprint density at radius 3 is 2.85 bits per heavy atom. The van der Waals surface area contributed by atoms with Gasteiger partial charge in [-0.05, 0) is 61.5 Å². The van der Waals surface area contributed by atoms with Crippen LogP contribution in [0.1, 0.15) is 35.3 Å². The maximum absolute atomic E-state index is 12.2. The SMILES string of the molecule is CC1CCN(Cc2nc3cc(NC(=O)c4cccs4)ccc3n2C)CC1. The quantitative estimate of drug-likeness (QED) is 0.754. The molecule has 1 saturated heterocycles. The van der Waals surface area contributed by atoms with E-state index in [0.29, 0.717) is 4.88 Å². The van der Waals surface area contributed by atoms with Gasteiger partial charge >= 0.3 is 0 Å². The van der Waals surface area contributed by atoms with Crippen LogP contribution in [0.2, 0.25) is 0 Å². The standard InChI is InChI=1S/C20H24N4OS/c1-14-7-9-24(10-8-14)13-19-22-16-12-15(5-6-17(16)23(19)2)21-20(25)18-4-3-11-26-18/h3-6,11-12,14H,7-10,13H2,1-2H3,(H,21,25). The van der Waals surface area contributed by atoms with Crippen molar-refractivity contribution in [1.82, 2.24) is 14.5 Å². The molecular weight excluding hydrogens is 344 g/mol. The fourth-order valence-electron chi connectivity index (χ4n) is 3.49. The van der Waals surface area contributed by atoms with E-state index in [2.05, 4.69) is 28.8 Å². The number of anilines is 1. The molecule has 0 unspecified atom stereocenters. The highest BCUT2D eigenvalue weighted by molar-refractivity contribution is 7.12. The highest BCUT2D eigenvalue weighted by atomic mass is 32.1. The average Bonchev–Trinajstić information content (AvgIpc) is 3.26. The maximum atomic E-state index is 12.2. The number of carbonyl (C=O) groups is 1. The number of thiophene rings is 1. The van der Waals surface area contributed by atoms with Crippen molar-refractivity contribution in [2.45, 2.75) is 26.3 Å². The van der Waals surface area contributed by atoms with Crippen LogP contribution in [0.5, 0.6) is 0 Å². The lowest BCUT2D eigenvalue weighted by Gasteiger charge is -2.29. The number of benzene rings is 1. The number of hydrogen-bond donors (Lipinski definition) is 1. The lowest BCUT2D eigenvalue weighted by Crippen LogP contribution is -2.33. The summed E-state index contributed by atoms with van der Waals surface area (Å²) in [7, 11) is 2.07. The molecule has 3 heterocycles. The number of carbonyl (C=O) groups excluding carboxylic acids is 1. The van der Waals surface area contributed by atoms with Crippen LogP contribution >= 0.6 is 11.3 Å². The van der Waals surface area contributed by atoms with Gasteiger partial charge in [-0.3, -0.25) is 9.69 Å². The molecule has 1 aliphatic rings. The van der Waals surface area contributed by atoms with Gasteiger partial charge in [-0.25, -0.2) is 4.98 Å². The first-order valence-electron chi connectivity index (χ1n) is 9.13. The van der Waals surface area contributed by atoms with Gasteiger partial charge in [-0.2, -0.15) is 0 Å². The molecule has 1 N–H and O–H groups in total. The van der Waals surface area contributed by atoms with E-state index in [-0.39, 0.29) is 5.91 Å². The molecule has 4 rings (SSSR count). The van der Waals surface area contributed by atoms with Crippen LogP contribution in [0, 0.1) is 5.92 Å². The number of fused-ring (bicyclic) bond motifs is 1. The normalized spacial score (nSPS) is 16.2. The zero-order valence-corrected chi connectivity index (χ0v) is 16.1. The predicted octanol–water partition coefficient (Wildman–Crippen LogP) is 4.12. The molecule has 5 nitrogen and oxygen atoms in total. The summed E-state index contributed by atoms with van der Waals surface area (Å²) < 4.78 is 2.16. The second-order valence-electron chi connectivity index (χ2n) is 7.18. The number of hydrogen-bond acceptors (Lipinski definition) is 4. The number of rotatable bonds is 4. The second-order valence-corrected chi connectivity index (χ2v) is 8.13. The van der Waals surface area contributed by atoms with Gasteiger partial charge in [-0.1, -0.05) is 13.0 Å². The van der Waals surface area contributed by atoms with Crippen LogP contribution in [0.4, 0.5) is 5.69 Å². The molecule has 1 aromatic carbocycles. The van der Waals surface area contributed by atoms with Crippen molar-refractivity contribution >= 4 is 34.0 Å². The number of imidazole rings is 1. The Bertz CT molecular complexity index is 907. The van der Waals surface area contributed by atoms with E-state index in [0.717, 1.165) is 48.1 Å². The Labute approximate surface area is 157 Å². The monoisotopic (exact) mass is 368 g/mol. The summed E-state index contributed by atoms with van der Waals surface area (Å²) in [4.78, 5) is 20.3. The second kappa shape index (κ2) is 7.21. The molecule has 0 bridgehead atoms. The number of nitrogens with one attached hydrogen (secondary N) is 1. The van der Waals surface area contributed by atoms with Crippen molar-refractivity contribution in [1.29, 1.82) is 0 Å². The van der Waals surface area contributed by atoms with Crippen molar-refractivity contribution < 1.29 is 4.79 Å². The largest absolute Gasteiger partial charge is 0.330 e. The third-order valence-corrected chi connectivity index (χ3v) is 6.09. The predicted molar refractivity (Wildman–Crippen MR) is 107 cm³/mol. The van der Waals surface area contributed by atoms with E-state index < -0.39 is 0 Å². The van der Waals surface area contributed by atoms with E-state index in [1.54, 1.807) is 0 Å². The zero-order chi connectivity index (χ0) is 18.1. The topological polar surface area (TPSA) is 50.2 Å². The molecule has 6 heteroatoms. The third-order valence-electron chi connectivity index (χ3n) is 5.22. The molecule has 2 aromatic heterocycles. The van der Waals surface area contributed by atoms with E-state index in [9.17, 15) is 4.79 Å². The first-order valence-corrected chi connectivity index (χ1v) is 10.0. The number of aromatic nitrogens is 2. The third kappa shape index (κ3) is 3.52. The Morgan fingerprint density at radius 2 is 2.12 bits per heavy atom. The summed E-state index contributed by atoms with van der Waals surface area (Å²) in [5, 5.41) is 4.87. The molecule has 0 atom stereocenters. The first-order chi connectivity index (χ1) is 12.6. The highest BCUT2D eigenvalue weighted by Gasteiger charge is 2.18. The Hall–Kier alpha value is -2.18. The van der Waals surface area contributed by atoms with Gasteiger partial charge in [0.05, 0.1) is 22.5 Å². The number of aryl methyl sites for hydroxylation is 1. The van der Waals surface area contributed by atoms with Crippen molar-refractivity contribution in [3.8, 4) is 0 Å². The molecule has 0 radical (unpaired) electrons. The summed E-state index contributed by atoms with van der Waals surface area (Å²) in [5.74, 6) is 1.84. The van der Waals surface area contributed by atoms with Gasteiger partial charge in [0.1, 0.15) is 5.82 Å². The van der Waals surface area contributed by atoms with Gasteiger partial charge in [0.15, 0.2) is 0 Å². The van der Waals surface area contributed by atoms with Gasteiger partial charge < -0.3 is 9.88 Å². The summed E-state index contributed by atoms with van der Waals surface area (Å²) in [5.41, 5.74) is 2.81. The number of nitrogens with zero attached hydrogens (tertiary/aromatic N) is 3. The molecule has 26 heavy (non-hydrogen) atoms. The highest BCUT2D eigenvalue weighted by Crippen LogP contribution is 2.23. The molecule has 0 spiro atoms. The van der Waals surface area contributed by atoms with Crippen LogP contribution in [0.15, 0.2) is 35.7 Å². The number of piperidine rings is 1. The minimum atomic E-state index is -0.0714. The molecule has 136 valence electrons. The molecule has 1 aliphatic heterocycles. The Kier molecular flexibility index (Phi) is 4.78. The van der Waals surface area contributed by atoms with Gasteiger partial charge in [0.25, 0.3) is 5.91 Å². The summed E-state index contributed by atoms with van der Waals surface area (Å²) in [6, 6.07) is 9.66. The number of likely N-dealkylation sites (tertiary alicyclic amines) is 1. The van der Waals surface area contributed by atoms with E-state index in [1.165, 1.54) is 24.2 Å². The van der Waals surface area contributed by atoms with E-state index in [1.807, 2.05) is 35.7 Å². The van der Waals surface area contributed by atoms with Crippen molar-refractivity contribution in [3.05, 3.63) is 46.4 Å². The van der Waals surface area contributed by atoms with E-state index >= 15 is 0 Å². The zero-order valence-electron chi connectivity index (χ0n) is 15.2. The maximum Gasteiger partial charge on any atom is 0.265 e. The minimum Gasteiger partial charge on any atom is -0.330 e. The summed E-state index contributed by atoms with van der Waals surface area (Å²) in [6.45, 7) is 5.51. The Morgan fingerprint density at radius 1 is 1.31 bits per heavy atom. The molecule has 1 amide bonds. The average molecular weight is 369 g/mol. The molecule has 0 saturated carbocycles. The molecular formula is C20H24N4OS. The van der Waals surface area contributed by atoms with Crippen LogP contribution in [-0.2, 0) is 13.6 Å². The lowest BCUT2D eigenvalue weighted by molar-refractivity contribution is 0.103. The fraction of sp³-hybridized carbons (Fsp3) is 0.400. The summed E-state index contributed by atoms with van der Waals surface area (Å²) >= 11 is 1.44. The Balaban J connectivity index is 1.52. The number of amides is 1. The van der Waals surface area contributed by atoms with Gasteiger partial charge in [0, 0.05) is 12.7 Å². The first kappa shape index (κ1) is 17.2. The van der Waals surface area contributed by atoms with Crippen molar-refractivity contribution in [3.63, 3.8) is 0 Å². The molecule has 1 fully saturated rings. The minimum absolute atomic E-state index is 0.0714. The van der Waals surface area contributed by atoms with Crippen LogP contribution in [0.3, 0.4) is 0 Å². The van der Waals surface area contributed by atoms with Crippen molar-refractivity contribution in [2.24, 2.45) is 13.0 Å². The smallest absolute Gasteiger partial charge is 0.265 e. The lowest BCUT2D eigenvalue weighted by atomic mass is 9.99. The van der Waals surface area contributed by atoms with Crippen LogP contribution in [0.25, 0.3) is 11.0 Å². The van der Waals surface area contributed by atoms with Crippen LogP contribution < -0.4 is 5.32 Å². The van der Waals surface area contributed by atoms with Gasteiger partial charge in [-0.15, -0.1) is 11.3 Å². The van der Waals surface area contributed by atoms with Crippen LogP contribution in [-0.4, -0.2) is 33.4 Å². The molecule has 0 aliphatic carbocycles. The molecule has 3 aromatic rings. The fourth-order valence-corrected chi connectivity index (χ4v) is 4.11. The van der Waals surface area contributed by atoms with Gasteiger partial charge in [0.2, 0.25) is 0 Å². The summed E-state index contributed by atoms with van der Waals surface area (Å²) in [6.07, 6.45) is 2.53.